The first-order chi connectivity index (χ1) is 10.5. The van der Waals surface area contributed by atoms with Crippen LogP contribution in [0.25, 0.3) is 0 Å². The van der Waals surface area contributed by atoms with Crippen molar-refractivity contribution in [3.8, 4) is 11.8 Å². The molecular formula is C15H18ClN3O3. The zero-order chi connectivity index (χ0) is 16.5. The van der Waals surface area contributed by atoms with Crippen LogP contribution < -0.4 is 15.4 Å². The first-order valence-corrected chi connectivity index (χ1v) is 6.89. The Hall–Kier alpha value is -2.23. The molecule has 118 valence electrons. The Morgan fingerprint density at radius 1 is 1.45 bits per heavy atom. The maximum absolute atomic E-state index is 11.8. The van der Waals surface area contributed by atoms with Gasteiger partial charge in [-0.2, -0.15) is 5.26 Å². The van der Waals surface area contributed by atoms with E-state index in [1.807, 2.05) is 13.0 Å². The second-order valence-corrected chi connectivity index (χ2v) is 4.77. The van der Waals surface area contributed by atoms with Crippen LogP contribution in [0.1, 0.15) is 5.56 Å². The van der Waals surface area contributed by atoms with Gasteiger partial charge >= 0.3 is 0 Å². The van der Waals surface area contributed by atoms with Crippen LogP contribution >= 0.6 is 11.6 Å². The lowest BCUT2D eigenvalue weighted by atomic mass is 10.2. The summed E-state index contributed by atoms with van der Waals surface area (Å²) < 4.78 is 10.0. The van der Waals surface area contributed by atoms with Crippen molar-refractivity contribution in [2.45, 2.75) is 6.92 Å². The summed E-state index contributed by atoms with van der Waals surface area (Å²) in [6.45, 7) is 2.55. The predicted molar refractivity (Wildman–Crippen MR) is 84.9 cm³/mol. The van der Waals surface area contributed by atoms with Gasteiger partial charge in [-0.15, -0.1) is 0 Å². The second-order valence-electron chi connectivity index (χ2n) is 4.36. The Kier molecular flexibility index (Phi) is 7.23. The average molecular weight is 324 g/mol. The number of carbonyl (C=O) groups excluding carboxylic acids is 1. The molecule has 0 unspecified atom stereocenters. The van der Waals surface area contributed by atoms with Crippen molar-refractivity contribution < 1.29 is 14.3 Å². The molecule has 0 fully saturated rings. The third kappa shape index (κ3) is 4.95. The number of rotatable bonds is 7. The van der Waals surface area contributed by atoms with Gasteiger partial charge in [0.05, 0.1) is 19.4 Å². The van der Waals surface area contributed by atoms with Crippen LogP contribution in [0.5, 0.6) is 5.75 Å². The molecule has 0 radical (unpaired) electrons. The molecule has 0 heterocycles. The van der Waals surface area contributed by atoms with Gasteiger partial charge < -0.3 is 20.1 Å². The molecule has 6 nitrogen and oxygen atoms in total. The SMILES string of the molecule is COCCNC(=O)/C(C#N)=C\Nc1cc(C)c(Cl)cc1OC. The van der Waals surface area contributed by atoms with Gasteiger partial charge in [0.1, 0.15) is 17.4 Å². The molecule has 0 aliphatic carbocycles. The Morgan fingerprint density at radius 3 is 2.77 bits per heavy atom. The maximum Gasteiger partial charge on any atom is 0.263 e. The normalized spacial score (nSPS) is 10.8. The van der Waals surface area contributed by atoms with Gasteiger partial charge in [-0.25, -0.2) is 0 Å². The first-order valence-electron chi connectivity index (χ1n) is 6.51. The number of nitriles is 1. The average Bonchev–Trinajstić information content (AvgIpc) is 2.51. The molecule has 0 saturated heterocycles. The van der Waals surface area contributed by atoms with E-state index in [2.05, 4.69) is 10.6 Å². The van der Waals surface area contributed by atoms with Crippen LogP contribution in [0.3, 0.4) is 0 Å². The number of benzene rings is 1. The Morgan fingerprint density at radius 2 is 2.18 bits per heavy atom. The van der Waals surface area contributed by atoms with E-state index in [4.69, 9.17) is 26.3 Å². The van der Waals surface area contributed by atoms with E-state index in [1.54, 1.807) is 12.1 Å². The van der Waals surface area contributed by atoms with Crippen LogP contribution in [0.15, 0.2) is 23.9 Å². The molecule has 0 spiro atoms. The van der Waals surface area contributed by atoms with Crippen molar-refractivity contribution in [1.82, 2.24) is 5.32 Å². The van der Waals surface area contributed by atoms with Gasteiger partial charge in [0.2, 0.25) is 0 Å². The van der Waals surface area contributed by atoms with Gasteiger partial charge in [0, 0.05) is 30.9 Å². The standard InChI is InChI=1S/C15H18ClN3O3/c1-10-6-13(14(22-3)7-12(10)16)19-9-11(8-17)15(20)18-4-5-21-2/h6-7,9,19H,4-5H2,1-3H3,(H,18,20)/b11-9-. The summed E-state index contributed by atoms with van der Waals surface area (Å²) in [6, 6.07) is 5.28. The van der Waals surface area contributed by atoms with E-state index >= 15 is 0 Å². The van der Waals surface area contributed by atoms with E-state index in [1.165, 1.54) is 20.4 Å². The third-order valence-electron chi connectivity index (χ3n) is 2.81. The fourth-order valence-corrected chi connectivity index (χ4v) is 1.76. The maximum atomic E-state index is 11.8. The summed E-state index contributed by atoms with van der Waals surface area (Å²) in [5.41, 5.74) is 1.41. The molecule has 1 amide bonds. The number of hydrogen-bond donors (Lipinski definition) is 2. The van der Waals surface area contributed by atoms with E-state index in [9.17, 15) is 4.79 Å². The Bertz CT molecular complexity index is 609. The quantitative estimate of drug-likeness (QED) is 0.457. The minimum absolute atomic E-state index is 0.0502. The highest BCUT2D eigenvalue weighted by molar-refractivity contribution is 6.31. The fourth-order valence-electron chi connectivity index (χ4n) is 1.61. The van der Waals surface area contributed by atoms with Crippen LogP contribution in [-0.2, 0) is 9.53 Å². The lowest BCUT2D eigenvalue weighted by Crippen LogP contribution is -2.28. The number of ether oxygens (including phenoxy) is 2. The summed E-state index contributed by atoms with van der Waals surface area (Å²) in [6.07, 6.45) is 1.33. The van der Waals surface area contributed by atoms with Crippen LogP contribution in [0.2, 0.25) is 5.02 Å². The number of nitrogens with one attached hydrogen (secondary N) is 2. The molecule has 0 saturated carbocycles. The molecule has 0 aliphatic heterocycles. The van der Waals surface area contributed by atoms with Gasteiger partial charge in [-0.05, 0) is 18.6 Å². The van der Waals surface area contributed by atoms with Gasteiger partial charge in [-0.3, -0.25) is 4.79 Å². The zero-order valence-corrected chi connectivity index (χ0v) is 13.5. The molecule has 2 N–H and O–H groups in total. The number of hydrogen-bond acceptors (Lipinski definition) is 5. The van der Waals surface area contributed by atoms with Crippen LogP contribution in [0.4, 0.5) is 5.69 Å². The summed E-state index contributed by atoms with van der Waals surface area (Å²) in [5, 5.41) is 15.1. The van der Waals surface area contributed by atoms with Crippen molar-refractivity contribution in [3.63, 3.8) is 0 Å². The van der Waals surface area contributed by atoms with Crippen molar-refractivity contribution in [2.75, 3.05) is 32.7 Å². The second kappa shape index (κ2) is 8.93. The third-order valence-corrected chi connectivity index (χ3v) is 3.22. The number of anilines is 1. The summed E-state index contributed by atoms with van der Waals surface area (Å²) in [4.78, 5) is 11.8. The van der Waals surface area contributed by atoms with Gasteiger partial charge in [-0.1, -0.05) is 11.6 Å². The van der Waals surface area contributed by atoms with Crippen LogP contribution in [-0.4, -0.2) is 33.3 Å². The smallest absolute Gasteiger partial charge is 0.263 e. The molecule has 1 aromatic carbocycles. The number of amides is 1. The topological polar surface area (TPSA) is 83.4 Å². The minimum atomic E-state index is -0.475. The highest BCUT2D eigenvalue weighted by atomic mass is 35.5. The highest BCUT2D eigenvalue weighted by Crippen LogP contribution is 2.30. The van der Waals surface area contributed by atoms with E-state index in [0.717, 1.165) is 5.56 Å². The van der Waals surface area contributed by atoms with Crippen molar-refractivity contribution >= 4 is 23.2 Å². The number of methoxy groups -OCH3 is 2. The van der Waals surface area contributed by atoms with E-state index < -0.39 is 5.91 Å². The molecule has 0 bridgehead atoms. The summed E-state index contributed by atoms with van der Waals surface area (Å²) in [5.74, 6) is 0.0423. The number of aryl methyl sites for hydroxylation is 1. The molecule has 1 rings (SSSR count). The minimum Gasteiger partial charge on any atom is -0.495 e. The monoisotopic (exact) mass is 323 g/mol. The zero-order valence-electron chi connectivity index (χ0n) is 12.7. The molecule has 0 aliphatic rings. The molecular weight excluding hydrogens is 306 g/mol. The number of carbonyl (C=O) groups is 1. The lowest BCUT2D eigenvalue weighted by molar-refractivity contribution is -0.117. The molecule has 0 aromatic heterocycles. The molecule has 22 heavy (non-hydrogen) atoms. The molecule has 0 atom stereocenters. The van der Waals surface area contributed by atoms with E-state index in [0.29, 0.717) is 29.6 Å². The number of halogens is 1. The largest absolute Gasteiger partial charge is 0.495 e. The molecule has 7 heteroatoms. The van der Waals surface area contributed by atoms with Crippen molar-refractivity contribution in [1.29, 1.82) is 5.26 Å². The fraction of sp³-hybridized carbons (Fsp3) is 0.333. The lowest BCUT2D eigenvalue weighted by Gasteiger charge is -2.11. The van der Waals surface area contributed by atoms with Gasteiger partial charge in [0.25, 0.3) is 5.91 Å². The molecule has 1 aromatic rings. The number of nitrogens with zero attached hydrogens (tertiary/aromatic N) is 1. The van der Waals surface area contributed by atoms with Crippen molar-refractivity contribution in [2.24, 2.45) is 0 Å². The van der Waals surface area contributed by atoms with E-state index in [-0.39, 0.29) is 5.57 Å². The summed E-state index contributed by atoms with van der Waals surface area (Å²) >= 11 is 6.02. The Labute approximate surface area is 134 Å². The predicted octanol–water partition coefficient (Wildman–Crippen LogP) is 2.24. The summed E-state index contributed by atoms with van der Waals surface area (Å²) in [7, 11) is 3.04. The van der Waals surface area contributed by atoms with Crippen LogP contribution in [0, 0.1) is 18.3 Å². The van der Waals surface area contributed by atoms with Gasteiger partial charge in [0.15, 0.2) is 0 Å². The van der Waals surface area contributed by atoms with Crippen molar-refractivity contribution in [3.05, 3.63) is 34.5 Å². The Balaban J connectivity index is 2.87. The first kappa shape index (κ1) is 17.8. The highest BCUT2D eigenvalue weighted by Gasteiger charge is 2.10.